The number of aromatic nitrogens is 2. The molecule has 0 spiro atoms. The number of phenols is 1. The highest BCUT2D eigenvalue weighted by Gasteiger charge is 2.22. The number of aromatic hydroxyl groups is 1. The molecule has 152 valence electrons. The second-order valence-corrected chi connectivity index (χ2v) is 8.96. The Kier molecular flexibility index (Phi) is 6.71. The average molecular weight is 449 g/mol. The van der Waals surface area contributed by atoms with Gasteiger partial charge in [-0.3, -0.25) is 9.59 Å². The van der Waals surface area contributed by atoms with Crippen LogP contribution in [0.4, 0.5) is 5.69 Å². The zero-order chi connectivity index (χ0) is 21.2. The predicted octanol–water partition coefficient (Wildman–Crippen LogP) is 1.84. The summed E-state index contributed by atoms with van der Waals surface area (Å²) in [6.45, 7) is 1.45. The van der Waals surface area contributed by atoms with Gasteiger partial charge in [-0.2, -0.15) is 5.10 Å². The second-order valence-electron chi connectivity index (χ2n) is 6.06. The van der Waals surface area contributed by atoms with Crippen LogP contribution in [0.5, 0.6) is 5.75 Å². The summed E-state index contributed by atoms with van der Waals surface area (Å²) in [6.07, 6.45) is 1.02. The number of sulfonamides is 1. The number of amides is 1. The van der Waals surface area contributed by atoms with Crippen molar-refractivity contribution < 1.29 is 18.3 Å². The monoisotopic (exact) mass is 448 g/mol. The molecule has 0 atom stereocenters. The molecule has 0 saturated heterocycles. The van der Waals surface area contributed by atoms with Crippen LogP contribution < -0.4 is 10.9 Å². The minimum atomic E-state index is -3.76. The van der Waals surface area contributed by atoms with E-state index in [0.29, 0.717) is 5.56 Å². The molecule has 12 heteroatoms. The molecule has 2 aromatic rings. The van der Waals surface area contributed by atoms with E-state index in [0.717, 1.165) is 8.99 Å². The first kappa shape index (κ1) is 22.2. The maximum Gasteiger partial charge on any atom is 0.287 e. The molecule has 0 aliphatic rings. The lowest BCUT2D eigenvalue weighted by molar-refractivity contribution is -0.116. The largest absolute Gasteiger partial charge is 0.506 e. The van der Waals surface area contributed by atoms with Crippen molar-refractivity contribution in [2.45, 2.75) is 24.8 Å². The molecule has 9 nitrogen and oxygen atoms in total. The van der Waals surface area contributed by atoms with E-state index in [1.165, 1.54) is 39.3 Å². The Balaban J connectivity index is 2.21. The fourth-order valence-electron chi connectivity index (χ4n) is 2.27. The van der Waals surface area contributed by atoms with E-state index in [1.54, 1.807) is 0 Å². The summed E-state index contributed by atoms with van der Waals surface area (Å²) >= 11 is 11.4. The minimum absolute atomic E-state index is 0.00609. The van der Waals surface area contributed by atoms with Gasteiger partial charge < -0.3 is 10.4 Å². The van der Waals surface area contributed by atoms with Gasteiger partial charge in [0.1, 0.15) is 10.8 Å². The highest BCUT2D eigenvalue weighted by molar-refractivity contribution is 7.89. The molecular formula is C16H18Cl2N4O5S. The molecule has 28 heavy (non-hydrogen) atoms. The van der Waals surface area contributed by atoms with Crippen molar-refractivity contribution in [3.63, 3.8) is 0 Å². The number of hydrogen-bond donors (Lipinski definition) is 2. The number of rotatable bonds is 6. The molecule has 1 aromatic carbocycles. The highest BCUT2D eigenvalue weighted by Crippen LogP contribution is 2.30. The second kappa shape index (κ2) is 8.48. The van der Waals surface area contributed by atoms with Gasteiger partial charge in [-0.25, -0.2) is 17.4 Å². The minimum Gasteiger partial charge on any atom is -0.506 e. The first-order chi connectivity index (χ1) is 12.9. The van der Waals surface area contributed by atoms with Crippen molar-refractivity contribution in [2.75, 3.05) is 19.4 Å². The van der Waals surface area contributed by atoms with Crippen molar-refractivity contribution in [1.82, 2.24) is 14.1 Å². The van der Waals surface area contributed by atoms with Gasteiger partial charge >= 0.3 is 0 Å². The number of nitrogens with zero attached hydrogens (tertiary/aromatic N) is 3. The molecule has 0 aliphatic carbocycles. The number of phenolic OH excluding ortho intramolecular Hbond substituents is 1. The lowest BCUT2D eigenvalue weighted by Gasteiger charge is -2.16. The third-order valence-electron chi connectivity index (χ3n) is 3.82. The lowest BCUT2D eigenvalue weighted by Crippen LogP contribution is -2.26. The fraction of sp³-hybridized carbons (Fsp3) is 0.312. The molecule has 0 aliphatic heterocycles. The van der Waals surface area contributed by atoms with Crippen LogP contribution in [0.2, 0.25) is 10.0 Å². The third-order valence-corrected chi connectivity index (χ3v) is 6.52. The maximum absolute atomic E-state index is 12.4. The van der Waals surface area contributed by atoms with E-state index in [9.17, 15) is 23.1 Å². The van der Waals surface area contributed by atoms with Crippen molar-refractivity contribution in [2.24, 2.45) is 0 Å². The standard InChI is InChI=1S/C16H18Cl2N4O5S/c1-9-6-12(23)11(7-13(9)28(26,27)21(2)3)20-14(24)4-5-22-16(25)15(18)10(17)8-19-22/h6-8,23H,4-5H2,1-3H3,(H,20,24). The molecule has 0 saturated carbocycles. The van der Waals surface area contributed by atoms with Crippen LogP contribution in [-0.2, 0) is 21.4 Å². The molecule has 0 radical (unpaired) electrons. The third kappa shape index (κ3) is 4.64. The van der Waals surface area contributed by atoms with Gasteiger partial charge in [0.2, 0.25) is 15.9 Å². The fourth-order valence-corrected chi connectivity index (χ4v) is 3.67. The first-order valence-corrected chi connectivity index (χ1v) is 10.1. The van der Waals surface area contributed by atoms with Gasteiger partial charge in [0, 0.05) is 20.5 Å². The summed E-state index contributed by atoms with van der Waals surface area (Å²) in [5, 5.41) is 16.1. The van der Waals surface area contributed by atoms with Crippen LogP contribution in [0.3, 0.4) is 0 Å². The van der Waals surface area contributed by atoms with Gasteiger partial charge in [-0.15, -0.1) is 0 Å². The number of carbonyl (C=O) groups is 1. The van der Waals surface area contributed by atoms with Crippen molar-refractivity contribution in [3.05, 3.63) is 44.3 Å². The van der Waals surface area contributed by atoms with Gasteiger partial charge in [0.05, 0.1) is 28.3 Å². The van der Waals surface area contributed by atoms with Crippen molar-refractivity contribution in [3.8, 4) is 5.75 Å². The summed E-state index contributed by atoms with van der Waals surface area (Å²) < 4.78 is 26.7. The van der Waals surface area contributed by atoms with E-state index >= 15 is 0 Å². The molecule has 2 N–H and O–H groups in total. The van der Waals surface area contributed by atoms with E-state index in [2.05, 4.69) is 10.4 Å². The van der Waals surface area contributed by atoms with Crippen LogP contribution in [0, 0.1) is 6.92 Å². The summed E-state index contributed by atoms with van der Waals surface area (Å²) in [5.41, 5.74) is -0.374. The van der Waals surface area contributed by atoms with E-state index in [4.69, 9.17) is 23.2 Å². The van der Waals surface area contributed by atoms with Crippen LogP contribution >= 0.6 is 23.2 Å². The van der Waals surface area contributed by atoms with Crippen molar-refractivity contribution >= 4 is 44.8 Å². The van der Waals surface area contributed by atoms with E-state index < -0.39 is 21.5 Å². The van der Waals surface area contributed by atoms with Crippen LogP contribution in [-0.4, -0.2) is 47.6 Å². The summed E-state index contributed by atoms with van der Waals surface area (Å²) in [4.78, 5) is 24.1. The smallest absolute Gasteiger partial charge is 0.287 e. The van der Waals surface area contributed by atoms with Gasteiger partial charge in [0.15, 0.2) is 0 Å². The zero-order valence-corrected chi connectivity index (χ0v) is 17.6. The molecule has 1 aromatic heterocycles. The average Bonchev–Trinajstić information content (AvgIpc) is 2.61. The number of hydrogen-bond acceptors (Lipinski definition) is 6. The quantitative estimate of drug-likeness (QED) is 0.650. The number of halogens is 2. The molecule has 0 unspecified atom stereocenters. The number of anilines is 1. The van der Waals surface area contributed by atoms with Crippen LogP contribution in [0.25, 0.3) is 0 Å². The topological polar surface area (TPSA) is 122 Å². The summed E-state index contributed by atoms with van der Waals surface area (Å²) in [7, 11) is -1.01. The Morgan fingerprint density at radius 1 is 1.32 bits per heavy atom. The van der Waals surface area contributed by atoms with Gasteiger partial charge in [0.25, 0.3) is 5.56 Å². The van der Waals surface area contributed by atoms with Gasteiger partial charge in [-0.05, 0) is 24.6 Å². The Labute approximate surface area is 171 Å². The maximum atomic E-state index is 12.4. The summed E-state index contributed by atoms with van der Waals surface area (Å²) in [6, 6.07) is 2.43. The van der Waals surface area contributed by atoms with E-state index in [-0.39, 0.29) is 39.3 Å². The lowest BCUT2D eigenvalue weighted by atomic mass is 10.2. The molecule has 0 bridgehead atoms. The Morgan fingerprint density at radius 3 is 2.57 bits per heavy atom. The predicted molar refractivity (Wildman–Crippen MR) is 105 cm³/mol. The van der Waals surface area contributed by atoms with Crippen LogP contribution in [0.15, 0.2) is 28.0 Å². The number of aryl methyl sites for hydroxylation is 2. The highest BCUT2D eigenvalue weighted by atomic mass is 35.5. The number of benzene rings is 1. The molecule has 0 fully saturated rings. The van der Waals surface area contributed by atoms with Crippen LogP contribution in [0.1, 0.15) is 12.0 Å². The number of carbonyl (C=O) groups excluding carboxylic acids is 1. The Bertz CT molecular complexity index is 1080. The molecular weight excluding hydrogens is 431 g/mol. The molecule has 1 heterocycles. The number of nitrogens with one attached hydrogen (secondary N) is 1. The molecule has 1 amide bonds. The SMILES string of the molecule is Cc1cc(O)c(NC(=O)CCn2ncc(Cl)c(Cl)c2=O)cc1S(=O)(=O)N(C)C. The normalized spacial score (nSPS) is 11.6. The zero-order valence-electron chi connectivity index (χ0n) is 15.2. The Hall–Kier alpha value is -2.14. The summed E-state index contributed by atoms with van der Waals surface area (Å²) in [5.74, 6) is -0.847. The Morgan fingerprint density at radius 2 is 1.96 bits per heavy atom. The van der Waals surface area contributed by atoms with E-state index in [1.807, 2.05) is 0 Å². The molecule has 2 rings (SSSR count). The van der Waals surface area contributed by atoms with Crippen molar-refractivity contribution in [1.29, 1.82) is 0 Å². The van der Waals surface area contributed by atoms with Gasteiger partial charge in [-0.1, -0.05) is 23.2 Å². The first-order valence-electron chi connectivity index (χ1n) is 7.92.